The first kappa shape index (κ1) is 13.0. The summed E-state index contributed by atoms with van der Waals surface area (Å²) in [5.41, 5.74) is 1.49. The third kappa shape index (κ3) is 4.04. The van der Waals surface area contributed by atoms with Crippen molar-refractivity contribution in [3.63, 3.8) is 0 Å². The average molecular weight is 249 g/mol. The minimum atomic E-state index is 0.753. The second-order valence-electron chi connectivity index (χ2n) is 4.78. The largest absolute Gasteiger partial charge is 0.298 e. The molecule has 0 aromatic heterocycles. The molecule has 1 atom stereocenters. The van der Waals surface area contributed by atoms with Gasteiger partial charge in [0.05, 0.1) is 0 Å². The first-order valence-corrected chi connectivity index (χ1v) is 7.91. The molecule has 0 spiro atoms. The van der Waals surface area contributed by atoms with Gasteiger partial charge in [0.25, 0.3) is 0 Å². The number of rotatable bonds is 5. The summed E-state index contributed by atoms with van der Waals surface area (Å²) in [7, 11) is 0. The van der Waals surface area contributed by atoms with E-state index in [-0.39, 0.29) is 0 Å². The molecule has 0 aliphatic carbocycles. The first-order valence-electron chi connectivity index (χ1n) is 6.76. The second kappa shape index (κ2) is 7.07. The highest BCUT2D eigenvalue weighted by Gasteiger charge is 2.20. The summed E-state index contributed by atoms with van der Waals surface area (Å²) in [4.78, 5) is 2.70. The molecule has 0 bridgehead atoms. The smallest absolute Gasteiger partial charge is 0.0136 e. The van der Waals surface area contributed by atoms with E-state index in [1.54, 1.807) is 0 Å². The molecule has 94 valence electrons. The van der Waals surface area contributed by atoms with E-state index in [1.807, 2.05) is 0 Å². The Morgan fingerprint density at radius 2 is 1.88 bits per heavy atom. The topological polar surface area (TPSA) is 3.24 Å². The van der Waals surface area contributed by atoms with Crippen LogP contribution in [0.1, 0.15) is 25.3 Å². The van der Waals surface area contributed by atoms with Crippen molar-refractivity contribution >= 4 is 11.8 Å². The Morgan fingerprint density at radius 3 is 2.53 bits per heavy atom. The molecule has 1 aromatic rings. The summed E-state index contributed by atoms with van der Waals surface area (Å²) < 4.78 is 0. The Kier molecular flexibility index (Phi) is 5.40. The van der Waals surface area contributed by atoms with Gasteiger partial charge in [-0.05, 0) is 18.4 Å². The quantitative estimate of drug-likeness (QED) is 0.786. The summed E-state index contributed by atoms with van der Waals surface area (Å²) in [5.74, 6) is 2.63. The highest BCUT2D eigenvalue weighted by atomic mass is 32.2. The van der Waals surface area contributed by atoms with E-state index in [0.717, 1.165) is 6.04 Å². The number of thioether (sulfide) groups is 1. The van der Waals surface area contributed by atoms with Crippen LogP contribution < -0.4 is 0 Å². The minimum absolute atomic E-state index is 0.753. The van der Waals surface area contributed by atoms with Gasteiger partial charge >= 0.3 is 0 Å². The van der Waals surface area contributed by atoms with Gasteiger partial charge in [0.1, 0.15) is 0 Å². The SMILES string of the molecule is CCCC(Cc1ccccc1)N1CCSCC1. The van der Waals surface area contributed by atoms with Crippen LogP contribution in [0, 0.1) is 0 Å². The van der Waals surface area contributed by atoms with Crippen molar-refractivity contribution in [2.24, 2.45) is 0 Å². The van der Waals surface area contributed by atoms with Crippen LogP contribution in [-0.4, -0.2) is 35.5 Å². The van der Waals surface area contributed by atoms with Crippen LogP contribution in [0.2, 0.25) is 0 Å². The maximum atomic E-state index is 2.70. The van der Waals surface area contributed by atoms with Crippen molar-refractivity contribution in [1.82, 2.24) is 4.90 Å². The minimum Gasteiger partial charge on any atom is -0.298 e. The molecule has 1 saturated heterocycles. The molecular weight excluding hydrogens is 226 g/mol. The highest BCUT2D eigenvalue weighted by Crippen LogP contribution is 2.18. The molecule has 1 aromatic carbocycles. The third-order valence-electron chi connectivity index (χ3n) is 3.50. The van der Waals surface area contributed by atoms with E-state index >= 15 is 0 Å². The van der Waals surface area contributed by atoms with E-state index in [2.05, 4.69) is 53.9 Å². The van der Waals surface area contributed by atoms with Gasteiger partial charge in [-0.15, -0.1) is 0 Å². The predicted molar refractivity (Wildman–Crippen MR) is 77.7 cm³/mol. The fourth-order valence-corrected chi connectivity index (χ4v) is 3.51. The van der Waals surface area contributed by atoms with Crippen molar-refractivity contribution in [2.75, 3.05) is 24.6 Å². The van der Waals surface area contributed by atoms with Gasteiger partial charge in [0.15, 0.2) is 0 Å². The second-order valence-corrected chi connectivity index (χ2v) is 6.01. The molecule has 0 saturated carbocycles. The van der Waals surface area contributed by atoms with E-state index in [0.29, 0.717) is 0 Å². The zero-order valence-electron chi connectivity index (χ0n) is 10.8. The lowest BCUT2D eigenvalue weighted by atomic mass is 10.0. The zero-order valence-corrected chi connectivity index (χ0v) is 11.6. The average Bonchev–Trinajstić information content (AvgIpc) is 2.40. The van der Waals surface area contributed by atoms with Gasteiger partial charge in [0, 0.05) is 30.6 Å². The van der Waals surface area contributed by atoms with Crippen molar-refractivity contribution in [3.8, 4) is 0 Å². The van der Waals surface area contributed by atoms with Crippen LogP contribution in [0.3, 0.4) is 0 Å². The molecule has 1 fully saturated rings. The molecule has 17 heavy (non-hydrogen) atoms. The van der Waals surface area contributed by atoms with Crippen LogP contribution in [0.15, 0.2) is 30.3 Å². The summed E-state index contributed by atoms with van der Waals surface area (Å²) in [6.07, 6.45) is 3.85. The number of nitrogens with zero attached hydrogens (tertiary/aromatic N) is 1. The highest BCUT2D eigenvalue weighted by molar-refractivity contribution is 7.99. The van der Waals surface area contributed by atoms with E-state index in [1.165, 1.54) is 49.4 Å². The van der Waals surface area contributed by atoms with Crippen molar-refractivity contribution in [2.45, 2.75) is 32.2 Å². The van der Waals surface area contributed by atoms with Gasteiger partial charge < -0.3 is 0 Å². The third-order valence-corrected chi connectivity index (χ3v) is 4.44. The van der Waals surface area contributed by atoms with Crippen molar-refractivity contribution < 1.29 is 0 Å². The Labute approximate surface area is 110 Å². The van der Waals surface area contributed by atoms with Crippen LogP contribution in [0.4, 0.5) is 0 Å². The lowest BCUT2D eigenvalue weighted by Gasteiger charge is -2.34. The fourth-order valence-electron chi connectivity index (χ4n) is 2.58. The first-order chi connectivity index (χ1) is 8.40. The van der Waals surface area contributed by atoms with Crippen LogP contribution in [0.5, 0.6) is 0 Å². The van der Waals surface area contributed by atoms with E-state index in [4.69, 9.17) is 0 Å². The summed E-state index contributed by atoms with van der Waals surface area (Å²) >= 11 is 2.10. The monoisotopic (exact) mass is 249 g/mol. The molecule has 1 aliphatic rings. The number of hydrogen-bond acceptors (Lipinski definition) is 2. The Morgan fingerprint density at radius 1 is 1.18 bits per heavy atom. The maximum Gasteiger partial charge on any atom is 0.0136 e. The Hall–Kier alpha value is -0.470. The van der Waals surface area contributed by atoms with Gasteiger partial charge in [-0.1, -0.05) is 43.7 Å². The molecule has 2 heteroatoms. The lowest BCUT2D eigenvalue weighted by molar-refractivity contribution is 0.203. The normalized spacial score (nSPS) is 19.1. The molecule has 0 amide bonds. The summed E-state index contributed by atoms with van der Waals surface area (Å²) in [6, 6.07) is 11.7. The molecule has 2 rings (SSSR count). The molecule has 1 unspecified atom stereocenters. The van der Waals surface area contributed by atoms with Gasteiger partial charge in [0.2, 0.25) is 0 Å². The standard InChI is InChI=1S/C15H23NS/c1-2-6-15(16-9-11-17-12-10-16)13-14-7-4-3-5-8-14/h3-5,7-8,15H,2,6,9-13H2,1H3. The van der Waals surface area contributed by atoms with Crippen molar-refractivity contribution in [1.29, 1.82) is 0 Å². The maximum absolute atomic E-state index is 2.70. The predicted octanol–water partition coefficient (Wildman–Crippen LogP) is 3.45. The Bertz CT molecular complexity index is 306. The lowest BCUT2D eigenvalue weighted by Crippen LogP contribution is -2.42. The van der Waals surface area contributed by atoms with E-state index < -0.39 is 0 Å². The molecule has 1 heterocycles. The number of hydrogen-bond donors (Lipinski definition) is 0. The molecular formula is C15H23NS. The Balaban J connectivity index is 1.96. The van der Waals surface area contributed by atoms with Gasteiger partial charge in [-0.25, -0.2) is 0 Å². The van der Waals surface area contributed by atoms with Crippen molar-refractivity contribution in [3.05, 3.63) is 35.9 Å². The van der Waals surface area contributed by atoms with Crippen LogP contribution in [-0.2, 0) is 6.42 Å². The fraction of sp³-hybridized carbons (Fsp3) is 0.600. The molecule has 1 nitrogen and oxygen atoms in total. The van der Waals surface area contributed by atoms with Gasteiger partial charge in [-0.3, -0.25) is 4.90 Å². The number of benzene rings is 1. The van der Waals surface area contributed by atoms with Crippen LogP contribution in [0.25, 0.3) is 0 Å². The van der Waals surface area contributed by atoms with Crippen LogP contribution >= 0.6 is 11.8 Å². The molecule has 0 N–H and O–H groups in total. The molecule has 1 aliphatic heterocycles. The summed E-state index contributed by atoms with van der Waals surface area (Å²) in [5, 5.41) is 0. The zero-order chi connectivity index (χ0) is 11.9. The molecule has 0 radical (unpaired) electrons. The summed E-state index contributed by atoms with van der Waals surface area (Å²) in [6.45, 7) is 4.86. The van der Waals surface area contributed by atoms with E-state index in [9.17, 15) is 0 Å². The van der Waals surface area contributed by atoms with Gasteiger partial charge in [-0.2, -0.15) is 11.8 Å².